The SMILES string of the molecule is CCCCOc1ccc(CCC(=O)Nc2ccccc2C)cc1N. The molecule has 0 aromatic heterocycles. The van der Waals surface area contributed by atoms with Crippen molar-refractivity contribution in [3.8, 4) is 5.75 Å². The lowest BCUT2D eigenvalue weighted by Crippen LogP contribution is -2.13. The van der Waals surface area contributed by atoms with Crippen LogP contribution in [0, 0.1) is 6.92 Å². The van der Waals surface area contributed by atoms with Gasteiger partial charge in [0.05, 0.1) is 12.3 Å². The Kier molecular flexibility index (Phi) is 6.67. The van der Waals surface area contributed by atoms with E-state index in [2.05, 4.69) is 12.2 Å². The average molecular weight is 326 g/mol. The van der Waals surface area contributed by atoms with Crippen molar-refractivity contribution >= 4 is 17.3 Å². The highest BCUT2D eigenvalue weighted by atomic mass is 16.5. The summed E-state index contributed by atoms with van der Waals surface area (Å²) < 4.78 is 5.65. The maximum Gasteiger partial charge on any atom is 0.224 e. The first kappa shape index (κ1) is 17.9. The number of rotatable bonds is 8. The maximum absolute atomic E-state index is 12.1. The van der Waals surface area contributed by atoms with E-state index in [1.807, 2.05) is 49.4 Å². The third-order valence-electron chi connectivity index (χ3n) is 3.89. The first-order valence-electron chi connectivity index (χ1n) is 8.47. The van der Waals surface area contributed by atoms with Gasteiger partial charge in [-0.3, -0.25) is 4.79 Å². The zero-order valence-electron chi connectivity index (χ0n) is 14.5. The summed E-state index contributed by atoms with van der Waals surface area (Å²) in [6.07, 6.45) is 3.18. The molecule has 0 bridgehead atoms. The van der Waals surface area contributed by atoms with Gasteiger partial charge in [-0.2, -0.15) is 0 Å². The molecule has 2 aromatic carbocycles. The molecule has 0 saturated heterocycles. The second-order valence-corrected chi connectivity index (χ2v) is 5.94. The Balaban J connectivity index is 1.86. The molecule has 0 atom stereocenters. The highest BCUT2D eigenvalue weighted by Gasteiger charge is 2.07. The smallest absolute Gasteiger partial charge is 0.224 e. The second-order valence-electron chi connectivity index (χ2n) is 5.94. The molecule has 0 fully saturated rings. The minimum atomic E-state index is 0.00569. The Hall–Kier alpha value is -2.49. The summed E-state index contributed by atoms with van der Waals surface area (Å²) in [6, 6.07) is 13.5. The number of benzene rings is 2. The van der Waals surface area contributed by atoms with Crippen molar-refractivity contribution in [2.75, 3.05) is 17.7 Å². The fraction of sp³-hybridized carbons (Fsp3) is 0.350. The number of carbonyl (C=O) groups excluding carboxylic acids is 1. The molecule has 0 aliphatic heterocycles. The third kappa shape index (κ3) is 5.30. The van der Waals surface area contributed by atoms with E-state index in [4.69, 9.17) is 10.5 Å². The lowest BCUT2D eigenvalue weighted by molar-refractivity contribution is -0.116. The highest BCUT2D eigenvalue weighted by Crippen LogP contribution is 2.23. The monoisotopic (exact) mass is 326 g/mol. The van der Waals surface area contributed by atoms with E-state index in [1.165, 1.54) is 0 Å². The predicted molar refractivity (Wildman–Crippen MR) is 99.4 cm³/mol. The van der Waals surface area contributed by atoms with Gasteiger partial charge in [0.2, 0.25) is 5.91 Å². The number of aryl methyl sites for hydroxylation is 2. The summed E-state index contributed by atoms with van der Waals surface area (Å²) in [7, 11) is 0. The van der Waals surface area contributed by atoms with Crippen molar-refractivity contribution in [1.82, 2.24) is 0 Å². The number of unbranched alkanes of at least 4 members (excludes halogenated alkanes) is 1. The average Bonchev–Trinajstić information content (AvgIpc) is 2.57. The van der Waals surface area contributed by atoms with Crippen molar-refractivity contribution in [2.45, 2.75) is 39.5 Å². The Bertz CT molecular complexity index is 683. The molecule has 2 rings (SSSR count). The second kappa shape index (κ2) is 8.96. The van der Waals surface area contributed by atoms with Crippen LogP contribution in [-0.2, 0) is 11.2 Å². The summed E-state index contributed by atoms with van der Waals surface area (Å²) in [5.41, 5.74) is 9.61. The van der Waals surface area contributed by atoms with E-state index in [1.54, 1.807) is 0 Å². The quantitative estimate of drug-likeness (QED) is 0.560. The van der Waals surface area contributed by atoms with Gasteiger partial charge in [-0.15, -0.1) is 0 Å². The van der Waals surface area contributed by atoms with Gasteiger partial charge in [0.15, 0.2) is 0 Å². The van der Waals surface area contributed by atoms with Gasteiger partial charge in [-0.1, -0.05) is 37.6 Å². The number of para-hydroxylation sites is 1. The fourth-order valence-electron chi connectivity index (χ4n) is 2.40. The van der Waals surface area contributed by atoms with Crippen molar-refractivity contribution in [1.29, 1.82) is 0 Å². The standard InChI is InChI=1S/C20H26N2O2/c1-3-4-13-24-19-11-9-16(14-17(19)21)10-12-20(23)22-18-8-6-5-7-15(18)2/h5-9,11,14H,3-4,10,12-13,21H2,1-2H3,(H,22,23). The highest BCUT2D eigenvalue weighted by molar-refractivity contribution is 5.91. The normalized spacial score (nSPS) is 10.4. The van der Waals surface area contributed by atoms with Crippen LogP contribution < -0.4 is 15.8 Å². The summed E-state index contributed by atoms with van der Waals surface area (Å²) in [5, 5.41) is 2.95. The van der Waals surface area contributed by atoms with Crippen molar-refractivity contribution in [2.24, 2.45) is 0 Å². The molecule has 2 aromatic rings. The first-order chi connectivity index (χ1) is 11.6. The van der Waals surface area contributed by atoms with Crippen molar-refractivity contribution in [3.63, 3.8) is 0 Å². The molecular formula is C20H26N2O2. The molecule has 1 amide bonds. The van der Waals surface area contributed by atoms with Crippen LogP contribution in [0.1, 0.15) is 37.3 Å². The lowest BCUT2D eigenvalue weighted by Gasteiger charge is -2.11. The Morgan fingerprint density at radius 2 is 2.00 bits per heavy atom. The number of nitrogen functional groups attached to an aromatic ring is 1. The molecule has 24 heavy (non-hydrogen) atoms. The van der Waals surface area contributed by atoms with Gasteiger partial charge in [-0.05, 0) is 49.1 Å². The van der Waals surface area contributed by atoms with E-state index in [-0.39, 0.29) is 5.91 Å². The summed E-state index contributed by atoms with van der Waals surface area (Å²) in [6.45, 7) is 4.78. The van der Waals surface area contributed by atoms with Gasteiger partial charge in [0.25, 0.3) is 0 Å². The van der Waals surface area contributed by atoms with E-state index >= 15 is 0 Å². The minimum absolute atomic E-state index is 0.00569. The van der Waals surface area contributed by atoms with E-state index in [0.717, 1.165) is 35.4 Å². The largest absolute Gasteiger partial charge is 0.491 e. The van der Waals surface area contributed by atoms with Crippen LogP contribution >= 0.6 is 0 Å². The Labute approximate surface area is 144 Å². The molecule has 4 nitrogen and oxygen atoms in total. The van der Waals surface area contributed by atoms with E-state index in [9.17, 15) is 4.79 Å². The molecular weight excluding hydrogens is 300 g/mol. The summed E-state index contributed by atoms with van der Waals surface area (Å²) >= 11 is 0. The summed E-state index contributed by atoms with van der Waals surface area (Å²) in [4.78, 5) is 12.1. The number of anilines is 2. The van der Waals surface area contributed by atoms with Crippen LogP contribution in [0.4, 0.5) is 11.4 Å². The molecule has 0 spiro atoms. The zero-order valence-corrected chi connectivity index (χ0v) is 14.5. The van der Waals surface area contributed by atoms with Gasteiger partial charge >= 0.3 is 0 Å². The van der Waals surface area contributed by atoms with E-state index < -0.39 is 0 Å². The van der Waals surface area contributed by atoms with Gasteiger partial charge in [-0.25, -0.2) is 0 Å². The van der Waals surface area contributed by atoms with Crippen molar-refractivity contribution < 1.29 is 9.53 Å². The minimum Gasteiger partial charge on any atom is -0.491 e. The topological polar surface area (TPSA) is 64.3 Å². The van der Waals surface area contributed by atoms with Gasteiger partial charge in [0, 0.05) is 12.1 Å². The zero-order chi connectivity index (χ0) is 17.4. The van der Waals surface area contributed by atoms with Gasteiger partial charge in [0.1, 0.15) is 5.75 Å². The lowest BCUT2D eigenvalue weighted by atomic mass is 10.1. The first-order valence-corrected chi connectivity index (χ1v) is 8.47. The third-order valence-corrected chi connectivity index (χ3v) is 3.89. The number of hydrogen-bond acceptors (Lipinski definition) is 3. The molecule has 0 saturated carbocycles. The molecule has 3 N–H and O–H groups in total. The molecule has 0 unspecified atom stereocenters. The molecule has 0 heterocycles. The molecule has 4 heteroatoms. The predicted octanol–water partition coefficient (Wildman–Crippen LogP) is 4.33. The number of carbonyl (C=O) groups is 1. The van der Waals surface area contributed by atoms with Crippen LogP contribution in [0.15, 0.2) is 42.5 Å². The summed E-state index contributed by atoms with van der Waals surface area (Å²) in [5.74, 6) is 0.725. The van der Waals surface area contributed by atoms with Crippen molar-refractivity contribution in [3.05, 3.63) is 53.6 Å². The number of nitrogens with one attached hydrogen (secondary N) is 1. The van der Waals surface area contributed by atoms with E-state index in [0.29, 0.717) is 25.1 Å². The fourth-order valence-corrected chi connectivity index (χ4v) is 2.40. The molecule has 0 aliphatic rings. The van der Waals surface area contributed by atoms with Crippen LogP contribution in [0.2, 0.25) is 0 Å². The number of hydrogen-bond donors (Lipinski definition) is 2. The maximum atomic E-state index is 12.1. The van der Waals surface area contributed by atoms with Gasteiger partial charge < -0.3 is 15.8 Å². The number of nitrogens with two attached hydrogens (primary N) is 1. The number of amides is 1. The van der Waals surface area contributed by atoms with Crippen LogP contribution in [0.25, 0.3) is 0 Å². The molecule has 0 aliphatic carbocycles. The Morgan fingerprint density at radius 3 is 2.71 bits per heavy atom. The Morgan fingerprint density at radius 1 is 1.21 bits per heavy atom. The van der Waals surface area contributed by atoms with Crippen LogP contribution in [-0.4, -0.2) is 12.5 Å². The van der Waals surface area contributed by atoms with Crippen LogP contribution in [0.3, 0.4) is 0 Å². The number of ether oxygens (including phenoxy) is 1. The molecule has 128 valence electrons. The van der Waals surface area contributed by atoms with Crippen LogP contribution in [0.5, 0.6) is 5.75 Å². The molecule has 0 radical (unpaired) electrons.